The normalized spacial score (nSPS) is 19.0. The monoisotopic (exact) mass is 333 g/mol. The van der Waals surface area contributed by atoms with E-state index < -0.39 is 10.0 Å². The fourth-order valence-corrected chi connectivity index (χ4v) is 2.98. The molecule has 0 aromatic heterocycles. The Hall–Kier alpha value is -1.15. The molecule has 0 saturated carbocycles. The summed E-state index contributed by atoms with van der Waals surface area (Å²) in [4.78, 5) is 14.2. The van der Waals surface area contributed by atoms with Gasteiger partial charge in [-0.3, -0.25) is 4.79 Å². The molecule has 0 bridgehead atoms. The molecule has 1 heterocycles. The molecule has 1 amide bonds. The van der Waals surface area contributed by atoms with E-state index in [9.17, 15) is 13.2 Å². The first-order chi connectivity index (χ1) is 9.37. The lowest BCUT2D eigenvalue weighted by molar-refractivity contribution is 0.0655. The summed E-state index contributed by atoms with van der Waals surface area (Å²) in [5, 5.41) is 8.25. The predicted molar refractivity (Wildman–Crippen MR) is 83.9 cm³/mol. The summed E-state index contributed by atoms with van der Waals surface area (Å²) in [6, 6.07) is 6.76. The number of carbonyl (C=O) groups excluding carboxylic acids is 1. The number of piperazine rings is 1. The number of hydrogen-bond donors (Lipinski definition) is 2. The molecule has 1 aromatic rings. The molecule has 1 aliphatic heterocycles. The van der Waals surface area contributed by atoms with Crippen molar-refractivity contribution in [1.82, 2.24) is 10.2 Å². The molecular weight excluding hydrogens is 314 g/mol. The maximum absolute atomic E-state index is 12.4. The van der Waals surface area contributed by atoms with E-state index in [-0.39, 0.29) is 30.1 Å². The quantitative estimate of drug-likeness (QED) is 0.833. The van der Waals surface area contributed by atoms with E-state index in [1.165, 1.54) is 0 Å². The van der Waals surface area contributed by atoms with Crippen LogP contribution in [-0.4, -0.2) is 44.9 Å². The molecule has 1 aromatic carbocycles. The van der Waals surface area contributed by atoms with Crippen molar-refractivity contribution in [3.05, 3.63) is 35.4 Å². The van der Waals surface area contributed by atoms with Gasteiger partial charge in [0.25, 0.3) is 5.91 Å². The number of benzene rings is 1. The number of nitrogens with two attached hydrogens (primary N) is 1. The number of hydrogen-bond acceptors (Lipinski definition) is 4. The van der Waals surface area contributed by atoms with E-state index >= 15 is 0 Å². The molecule has 1 aliphatic rings. The van der Waals surface area contributed by atoms with Gasteiger partial charge < -0.3 is 10.2 Å². The second-order valence-corrected chi connectivity index (χ2v) is 6.67. The number of amides is 1. The number of halogens is 1. The highest BCUT2D eigenvalue weighted by Crippen LogP contribution is 2.13. The minimum Gasteiger partial charge on any atom is -0.333 e. The molecule has 118 valence electrons. The van der Waals surface area contributed by atoms with Gasteiger partial charge in [0.1, 0.15) is 0 Å². The Labute approximate surface area is 131 Å². The smallest absolute Gasteiger partial charge is 0.254 e. The fourth-order valence-electron chi connectivity index (χ4n) is 2.34. The maximum Gasteiger partial charge on any atom is 0.254 e. The highest BCUT2D eigenvalue weighted by Gasteiger charge is 2.24. The number of rotatable bonds is 3. The average Bonchev–Trinajstić information content (AvgIpc) is 2.37. The Bertz CT molecular complexity index is 606. The number of sulfonamides is 1. The lowest BCUT2D eigenvalue weighted by atomic mass is 10.1. The van der Waals surface area contributed by atoms with E-state index in [0.717, 1.165) is 13.1 Å². The molecule has 0 aliphatic carbocycles. The van der Waals surface area contributed by atoms with Crippen molar-refractivity contribution in [2.45, 2.75) is 18.7 Å². The molecule has 3 N–H and O–H groups in total. The Balaban J connectivity index is 0.00000220. The third-order valence-corrected chi connectivity index (χ3v) is 4.04. The second-order valence-electron chi connectivity index (χ2n) is 5.06. The summed E-state index contributed by atoms with van der Waals surface area (Å²) in [7, 11) is -3.59. The molecule has 21 heavy (non-hydrogen) atoms. The number of primary sulfonamides is 1. The van der Waals surface area contributed by atoms with Crippen molar-refractivity contribution in [3.8, 4) is 0 Å². The number of nitrogens with zero attached hydrogens (tertiary/aromatic N) is 1. The molecular formula is C13H20ClN3O3S. The lowest BCUT2D eigenvalue weighted by Gasteiger charge is -2.34. The minimum absolute atomic E-state index is 0. The summed E-state index contributed by atoms with van der Waals surface area (Å²) in [5.74, 6) is -0.333. The summed E-state index contributed by atoms with van der Waals surface area (Å²) in [6.07, 6.45) is 0. The van der Waals surface area contributed by atoms with E-state index in [1.54, 1.807) is 29.2 Å². The summed E-state index contributed by atoms with van der Waals surface area (Å²) in [6.45, 7) is 4.17. The summed E-state index contributed by atoms with van der Waals surface area (Å²) >= 11 is 0. The molecule has 0 unspecified atom stereocenters. The zero-order valence-corrected chi connectivity index (χ0v) is 13.4. The summed E-state index contributed by atoms with van der Waals surface area (Å²) < 4.78 is 22.2. The third kappa shape index (κ3) is 4.96. The SMILES string of the molecule is C[C@@H]1CNCCN1C(=O)c1cccc(CS(N)(=O)=O)c1.Cl. The molecule has 1 saturated heterocycles. The lowest BCUT2D eigenvalue weighted by Crippen LogP contribution is -2.52. The van der Waals surface area contributed by atoms with Crippen molar-refractivity contribution in [3.63, 3.8) is 0 Å². The Morgan fingerprint density at radius 1 is 1.48 bits per heavy atom. The highest BCUT2D eigenvalue weighted by atomic mass is 35.5. The molecule has 0 spiro atoms. The van der Waals surface area contributed by atoms with Gasteiger partial charge in [0, 0.05) is 31.2 Å². The molecule has 0 radical (unpaired) electrons. The van der Waals surface area contributed by atoms with Crippen LogP contribution >= 0.6 is 12.4 Å². The van der Waals surface area contributed by atoms with Crippen LogP contribution in [0.25, 0.3) is 0 Å². The van der Waals surface area contributed by atoms with Gasteiger partial charge in [-0.05, 0) is 24.6 Å². The topological polar surface area (TPSA) is 92.5 Å². The summed E-state index contributed by atoms with van der Waals surface area (Å²) in [5.41, 5.74) is 1.03. The van der Waals surface area contributed by atoms with Gasteiger partial charge in [0.2, 0.25) is 10.0 Å². The maximum atomic E-state index is 12.4. The van der Waals surface area contributed by atoms with Crippen molar-refractivity contribution < 1.29 is 13.2 Å². The first-order valence-electron chi connectivity index (χ1n) is 6.48. The zero-order chi connectivity index (χ0) is 14.8. The van der Waals surface area contributed by atoms with Crippen LogP contribution in [0.4, 0.5) is 0 Å². The van der Waals surface area contributed by atoms with Gasteiger partial charge in [-0.1, -0.05) is 12.1 Å². The van der Waals surface area contributed by atoms with Crippen molar-refractivity contribution >= 4 is 28.3 Å². The molecule has 8 heteroatoms. The van der Waals surface area contributed by atoms with Crippen molar-refractivity contribution in [1.29, 1.82) is 0 Å². The van der Waals surface area contributed by atoms with Crippen LogP contribution in [-0.2, 0) is 15.8 Å². The van der Waals surface area contributed by atoms with Crippen LogP contribution in [0.2, 0.25) is 0 Å². The molecule has 2 rings (SSSR count). The van der Waals surface area contributed by atoms with Crippen LogP contribution < -0.4 is 10.5 Å². The molecule has 6 nitrogen and oxygen atoms in total. The number of nitrogens with one attached hydrogen (secondary N) is 1. The van der Waals surface area contributed by atoms with Crippen LogP contribution in [0.5, 0.6) is 0 Å². The Kier molecular flexibility index (Phi) is 6.15. The van der Waals surface area contributed by atoms with E-state index in [2.05, 4.69) is 5.32 Å². The van der Waals surface area contributed by atoms with Crippen molar-refractivity contribution in [2.75, 3.05) is 19.6 Å². The Morgan fingerprint density at radius 3 is 2.81 bits per heavy atom. The Morgan fingerprint density at radius 2 is 2.19 bits per heavy atom. The minimum atomic E-state index is -3.59. The fraction of sp³-hybridized carbons (Fsp3) is 0.462. The largest absolute Gasteiger partial charge is 0.333 e. The van der Waals surface area contributed by atoms with Gasteiger partial charge >= 0.3 is 0 Å². The first kappa shape index (κ1) is 17.9. The van der Waals surface area contributed by atoms with E-state index in [0.29, 0.717) is 17.7 Å². The molecule has 1 atom stereocenters. The van der Waals surface area contributed by atoms with Gasteiger partial charge in [-0.2, -0.15) is 0 Å². The third-order valence-electron chi connectivity index (χ3n) is 3.30. The van der Waals surface area contributed by atoms with E-state index in [4.69, 9.17) is 5.14 Å². The second kappa shape index (κ2) is 7.22. The van der Waals surface area contributed by atoms with Gasteiger partial charge in [-0.25, -0.2) is 13.6 Å². The van der Waals surface area contributed by atoms with Crippen LogP contribution in [0, 0.1) is 0 Å². The average molecular weight is 334 g/mol. The highest BCUT2D eigenvalue weighted by molar-refractivity contribution is 7.88. The van der Waals surface area contributed by atoms with Crippen LogP contribution in [0.3, 0.4) is 0 Å². The predicted octanol–water partition coefficient (Wildman–Crippen LogP) is 0.331. The van der Waals surface area contributed by atoms with Crippen molar-refractivity contribution in [2.24, 2.45) is 5.14 Å². The first-order valence-corrected chi connectivity index (χ1v) is 8.19. The number of carbonyl (C=O) groups is 1. The van der Waals surface area contributed by atoms with Crippen LogP contribution in [0.15, 0.2) is 24.3 Å². The van der Waals surface area contributed by atoms with Gasteiger partial charge in [0.05, 0.1) is 5.75 Å². The molecule has 1 fully saturated rings. The van der Waals surface area contributed by atoms with E-state index in [1.807, 2.05) is 6.92 Å². The standard InChI is InChI=1S/C13H19N3O3S.ClH/c1-10-8-15-5-6-16(10)13(17)12-4-2-3-11(7-12)9-20(14,18)19;/h2-4,7,10,15H,5-6,8-9H2,1H3,(H2,14,18,19);1H/t10-;/m1./s1. The zero-order valence-electron chi connectivity index (χ0n) is 11.8. The van der Waals surface area contributed by atoms with Gasteiger partial charge in [0.15, 0.2) is 0 Å². The van der Waals surface area contributed by atoms with Crippen LogP contribution in [0.1, 0.15) is 22.8 Å². The van der Waals surface area contributed by atoms with Gasteiger partial charge in [-0.15, -0.1) is 12.4 Å².